The summed E-state index contributed by atoms with van der Waals surface area (Å²) >= 11 is 9.54. The molecule has 0 fully saturated rings. The highest BCUT2D eigenvalue weighted by Crippen LogP contribution is 2.29. The molecule has 1 unspecified atom stereocenters. The van der Waals surface area contributed by atoms with Crippen molar-refractivity contribution < 1.29 is 19.6 Å². The van der Waals surface area contributed by atoms with Gasteiger partial charge >= 0.3 is 5.97 Å². The number of halogens is 2. The minimum atomic E-state index is -0.324. The second-order valence-electron chi connectivity index (χ2n) is 6.60. The van der Waals surface area contributed by atoms with Gasteiger partial charge in [-0.05, 0) is 36.4 Å². The minimum Gasteiger partial charge on any atom is -0.465 e. The summed E-state index contributed by atoms with van der Waals surface area (Å²) < 4.78 is 5.66. The Morgan fingerprint density at radius 2 is 1.83 bits per heavy atom. The number of hydrogen-bond donors (Lipinski definition) is 2. The van der Waals surface area contributed by atoms with E-state index in [9.17, 15) is 9.59 Å². The number of nitrogens with two attached hydrogens (primary N) is 1. The zero-order valence-electron chi connectivity index (χ0n) is 16.3. The van der Waals surface area contributed by atoms with E-state index in [0.29, 0.717) is 16.3 Å². The molecule has 3 aromatic carbocycles. The average molecular weight is 489 g/mol. The van der Waals surface area contributed by atoms with Gasteiger partial charge in [0.05, 0.1) is 12.8 Å². The summed E-state index contributed by atoms with van der Waals surface area (Å²) in [5.74, 6) is -0.587. The van der Waals surface area contributed by atoms with Crippen LogP contribution < -0.4 is 10.6 Å². The van der Waals surface area contributed by atoms with E-state index in [0.717, 1.165) is 15.6 Å². The van der Waals surface area contributed by atoms with Gasteiger partial charge in [0.25, 0.3) is 5.91 Å². The number of methoxy groups -OCH3 is 1. The minimum absolute atomic E-state index is 0.143. The summed E-state index contributed by atoms with van der Waals surface area (Å²) in [7, 11) is 1.36. The molecule has 0 aliphatic rings. The van der Waals surface area contributed by atoms with Crippen LogP contribution in [0.2, 0.25) is 5.02 Å². The number of carbonyl (C=O) groups excluding carboxylic acids is 2. The predicted octanol–water partition coefficient (Wildman–Crippen LogP) is 4.18. The Labute approximate surface area is 188 Å². The number of benzene rings is 3. The summed E-state index contributed by atoms with van der Waals surface area (Å²) in [6.07, 6.45) is 0. The number of nitrogens with one attached hydrogen (secondary N) is 1. The zero-order valence-corrected chi connectivity index (χ0v) is 18.6. The Balaban J connectivity index is 1.97. The van der Waals surface area contributed by atoms with E-state index in [2.05, 4.69) is 21.2 Å². The first-order valence-corrected chi connectivity index (χ1v) is 10.5. The number of amides is 1. The van der Waals surface area contributed by atoms with E-state index in [1.165, 1.54) is 7.11 Å². The lowest BCUT2D eigenvalue weighted by molar-refractivity contribution is -0.677. The van der Waals surface area contributed by atoms with Crippen molar-refractivity contribution in [3.05, 3.63) is 99.0 Å². The van der Waals surface area contributed by atoms with Crippen LogP contribution in [0.25, 0.3) is 0 Å². The molecule has 0 bridgehead atoms. The molecule has 0 saturated carbocycles. The molecule has 1 amide bonds. The van der Waals surface area contributed by atoms with E-state index >= 15 is 0 Å². The van der Waals surface area contributed by atoms with Crippen LogP contribution in [0.15, 0.2) is 77.3 Å². The Hall–Kier alpha value is -2.67. The SMILES string of the molecule is COC(=O)C[NH2+]C(c1ccccc1)c1cc(Br)ccc1NC(=O)c1cccc(Cl)c1. The molecule has 0 heterocycles. The molecule has 30 heavy (non-hydrogen) atoms. The molecule has 0 aliphatic carbocycles. The maximum Gasteiger partial charge on any atom is 0.361 e. The van der Waals surface area contributed by atoms with E-state index in [1.54, 1.807) is 24.3 Å². The number of ether oxygens (including phenoxy) is 1. The van der Waals surface area contributed by atoms with E-state index in [-0.39, 0.29) is 24.5 Å². The molecule has 0 radical (unpaired) electrons. The van der Waals surface area contributed by atoms with Crippen molar-refractivity contribution in [2.24, 2.45) is 0 Å². The van der Waals surface area contributed by atoms with Crippen LogP contribution in [0.3, 0.4) is 0 Å². The zero-order chi connectivity index (χ0) is 21.5. The quantitative estimate of drug-likeness (QED) is 0.490. The maximum absolute atomic E-state index is 12.8. The molecule has 3 rings (SSSR count). The van der Waals surface area contributed by atoms with Crippen molar-refractivity contribution in [2.45, 2.75) is 6.04 Å². The number of quaternary nitrogens is 1. The van der Waals surface area contributed by atoms with Crippen LogP contribution in [-0.2, 0) is 9.53 Å². The molecule has 3 aromatic rings. The Bertz CT molecular complexity index is 1040. The third-order valence-corrected chi connectivity index (χ3v) is 5.32. The van der Waals surface area contributed by atoms with Gasteiger partial charge in [0, 0.05) is 26.2 Å². The lowest BCUT2D eigenvalue weighted by Gasteiger charge is -2.20. The molecular formula is C23H21BrClN2O3+. The molecule has 154 valence electrons. The first-order valence-electron chi connectivity index (χ1n) is 9.29. The molecule has 3 N–H and O–H groups in total. The monoisotopic (exact) mass is 487 g/mol. The van der Waals surface area contributed by atoms with Crippen molar-refractivity contribution in [1.29, 1.82) is 0 Å². The summed E-state index contributed by atoms with van der Waals surface area (Å²) in [5.41, 5.74) is 2.97. The fraction of sp³-hybridized carbons (Fsp3) is 0.130. The third kappa shape index (κ3) is 5.69. The van der Waals surface area contributed by atoms with Gasteiger partial charge in [-0.1, -0.05) is 63.9 Å². The van der Waals surface area contributed by atoms with Gasteiger partial charge in [0.15, 0.2) is 6.54 Å². The van der Waals surface area contributed by atoms with Gasteiger partial charge in [-0.2, -0.15) is 0 Å². The number of rotatable bonds is 7. The topological polar surface area (TPSA) is 72.0 Å². The highest BCUT2D eigenvalue weighted by atomic mass is 79.9. The number of anilines is 1. The summed E-state index contributed by atoms with van der Waals surface area (Å²) in [6, 6.07) is 22.0. The number of hydrogen-bond acceptors (Lipinski definition) is 3. The van der Waals surface area contributed by atoms with Gasteiger partial charge in [0.2, 0.25) is 0 Å². The fourth-order valence-corrected chi connectivity index (χ4v) is 3.70. The van der Waals surface area contributed by atoms with E-state index in [1.807, 2.05) is 53.8 Å². The summed E-state index contributed by atoms with van der Waals surface area (Å²) in [5, 5.41) is 5.36. The van der Waals surface area contributed by atoms with Crippen LogP contribution in [0.5, 0.6) is 0 Å². The van der Waals surface area contributed by atoms with E-state index < -0.39 is 0 Å². The first kappa shape index (κ1) is 22.0. The van der Waals surface area contributed by atoms with Crippen molar-refractivity contribution in [3.8, 4) is 0 Å². The van der Waals surface area contributed by atoms with Crippen LogP contribution in [-0.4, -0.2) is 25.5 Å². The second-order valence-corrected chi connectivity index (χ2v) is 7.95. The van der Waals surface area contributed by atoms with Crippen LogP contribution in [0.1, 0.15) is 27.5 Å². The Morgan fingerprint density at radius 3 is 2.53 bits per heavy atom. The van der Waals surface area contributed by atoms with E-state index in [4.69, 9.17) is 16.3 Å². The van der Waals surface area contributed by atoms with Gasteiger partial charge in [-0.15, -0.1) is 0 Å². The molecule has 7 heteroatoms. The van der Waals surface area contributed by atoms with Crippen molar-refractivity contribution in [1.82, 2.24) is 0 Å². The lowest BCUT2D eigenvalue weighted by atomic mass is 9.96. The van der Waals surface area contributed by atoms with Gasteiger partial charge in [0.1, 0.15) is 6.04 Å². The van der Waals surface area contributed by atoms with Crippen molar-refractivity contribution in [3.63, 3.8) is 0 Å². The third-order valence-electron chi connectivity index (χ3n) is 4.59. The van der Waals surface area contributed by atoms with Crippen LogP contribution >= 0.6 is 27.5 Å². The maximum atomic E-state index is 12.8. The van der Waals surface area contributed by atoms with Crippen molar-refractivity contribution >= 4 is 45.1 Å². The van der Waals surface area contributed by atoms with Crippen LogP contribution in [0.4, 0.5) is 5.69 Å². The number of carbonyl (C=O) groups is 2. The molecule has 5 nitrogen and oxygen atoms in total. The molecule has 0 aliphatic heterocycles. The average Bonchev–Trinajstić information content (AvgIpc) is 2.76. The molecular weight excluding hydrogens is 468 g/mol. The van der Waals surface area contributed by atoms with Gasteiger partial charge in [-0.3, -0.25) is 4.79 Å². The van der Waals surface area contributed by atoms with Gasteiger partial charge in [-0.25, -0.2) is 4.79 Å². The second kappa shape index (κ2) is 10.4. The normalized spacial score (nSPS) is 11.6. The molecule has 0 aromatic heterocycles. The first-order chi connectivity index (χ1) is 14.5. The smallest absolute Gasteiger partial charge is 0.361 e. The lowest BCUT2D eigenvalue weighted by Crippen LogP contribution is -2.87. The summed E-state index contributed by atoms with van der Waals surface area (Å²) in [6.45, 7) is 0.143. The summed E-state index contributed by atoms with van der Waals surface area (Å²) in [4.78, 5) is 24.6. The van der Waals surface area contributed by atoms with Gasteiger partial charge < -0.3 is 15.4 Å². The Morgan fingerprint density at radius 1 is 1.07 bits per heavy atom. The highest BCUT2D eigenvalue weighted by molar-refractivity contribution is 9.10. The standard InChI is InChI=1S/C23H20BrClN2O3/c1-30-21(28)14-26-22(15-6-3-2-4-7-15)19-13-17(24)10-11-20(19)27-23(29)16-8-5-9-18(25)12-16/h2-13,22,26H,14H2,1H3,(H,27,29)/p+1. The largest absolute Gasteiger partial charge is 0.465 e. The predicted molar refractivity (Wildman–Crippen MR) is 121 cm³/mol. The molecule has 0 saturated heterocycles. The number of esters is 1. The fourth-order valence-electron chi connectivity index (χ4n) is 3.13. The Kier molecular flexibility index (Phi) is 7.63. The van der Waals surface area contributed by atoms with Crippen LogP contribution in [0, 0.1) is 0 Å². The highest BCUT2D eigenvalue weighted by Gasteiger charge is 2.23. The molecule has 0 spiro atoms. The molecule has 1 atom stereocenters. The van der Waals surface area contributed by atoms with Crippen molar-refractivity contribution in [2.75, 3.05) is 19.0 Å².